The highest BCUT2D eigenvalue weighted by Gasteiger charge is 2.39. The highest BCUT2D eigenvalue weighted by molar-refractivity contribution is 7.92. The van der Waals surface area contributed by atoms with Crippen LogP contribution in [0.3, 0.4) is 0 Å². The van der Waals surface area contributed by atoms with Crippen molar-refractivity contribution in [3.8, 4) is 5.75 Å². The number of benzene rings is 3. The molecular weight excluding hydrogens is 516 g/mol. The van der Waals surface area contributed by atoms with E-state index in [2.05, 4.69) is 0 Å². The maximum Gasteiger partial charge on any atom is 0.340 e. The molecule has 0 saturated carbocycles. The average Bonchev–Trinajstić information content (AvgIpc) is 3.30. The summed E-state index contributed by atoms with van der Waals surface area (Å²) in [6.07, 6.45) is 0.249. The van der Waals surface area contributed by atoms with E-state index in [1.54, 1.807) is 54.6 Å². The lowest BCUT2D eigenvalue weighted by atomic mass is 9.86. The van der Waals surface area contributed by atoms with Crippen molar-refractivity contribution < 1.29 is 27.5 Å². The molecule has 1 aliphatic rings. The lowest BCUT2D eigenvalue weighted by molar-refractivity contribution is 0.0602. The van der Waals surface area contributed by atoms with Crippen LogP contribution in [0.1, 0.15) is 47.1 Å². The van der Waals surface area contributed by atoms with Crippen LogP contribution in [-0.4, -0.2) is 44.6 Å². The van der Waals surface area contributed by atoms with Gasteiger partial charge in [-0.25, -0.2) is 13.2 Å². The molecule has 3 aromatic carbocycles. The van der Waals surface area contributed by atoms with Gasteiger partial charge in [-0.3, -0.25) is 13.7 Å². The first kappa shape index (κ1) is 26.5. The molecule has 5 rings (SSSR count). The van der Waals surface area contributed by atoms with E-state index < -0.39 is 28.0 Å². The van der Waals surface area contributed by atoms with Crippen molar-refractivity contribution in [3.63, 3.8) is 0 Å². The molecule has 0 N–H and O–H groups in total. The Kier molecular flexibility index (Phi) is 6.50. The topological polar surface area (TPSA) is 94.9 Å². The van der Waals surface area contributed by atoms with Crippen molar-refractivity contribution in [2.24, 2.45) is 0 Å². The van der Waals surface area contributed by atoms with Gasteiger partial charge in [-0.15, -0.1) is 0 Å². The number of anilines is 1. The molecule has 0 saturated heterocycles. The first-order chi connectivity index (χ1) is 18.4. The number of esters is 1. The summed E-state index contributed by atoms with van der Waals surface area (Å²) in [7, 11) is -2.77. The van der Waals surface area contributed by atoms with Gasteiger partial charge in [0.2, 0.25) is 0 Å². The molecule has 1 atom stereocenters. The number of methoxy groups -OCH3 is 1. The monoisotopic (exact) mass is 546 g/mol. The Labute approximate surface area is 227 Å². The molecule has 0 spiro atoms. The molecule has 1 aromatic heterocycles. The number of sulfonamides is 1. The van der Waals surface area contributed by atoms with E-state index in [4.69, 9.17) is 9.47 Å². The number of hydrogen-bond acceptors (Lipinski definition) is 6. The molecule has 202 valence electrons. The van der Waals surface area contributed by atoms with Crippen LogP contribution in [0.15, 0.2) is 77.8 Å². The van der Waals surface area contributed by atoms with Crippen molar-refractivity contribution in [2.45, 2.75) is 44.1 Å². The number of carbonyl (C=O) groups is 2. The summed E-state index contributed by atoms with van der Waals surface area (Å²) < 4.78 is 41.6. The standard InChI is InChI=1S/C30H30N2O6S/c1-19-10-13-21(14-11-19)39(35,36)32-18-27(38-26-15-12-20(16-25(26)32)30(2,3)4)28(33)31-17-23(29(34)37-5)22-8-6-7-9-24(22)31/h6-17,27H,18H2,1-5H3. The number of nitrogens with zero attached hydrogens (tertiary/aromatic N) is 2. The molecule has 0 amide bonds. The van der Waals surface area contributed by atoms with Crippen LogP contribution in [0.5, 0.6) is 5.75 Å². The molecule has 1 unspecified atom stereocenters. The number of aromatic nitrogens is 1. The molecule has 0 aliphatic carbocycles. The molecule has 0 bridgehead atoms. The van der Waals surface area contributed by atoms with E-state index in [1.807, 2.05) is 39.8 Å². The zero-order chi connectivity index (χ0) is 28.1. The number of para-hydroxylation sites is 1. The minimum Gasteiger partial charge on any atom is -0.476 e. The lowest BCUT2D eigenvalue weighted by Crippen LogP contribution is -2.48. The van der Waals surface area contributed by atoms with Crippen LogP contribution in [0.25, 0.3) is 10.9 Å². The van der Waals surface area contributed by atoms with E-state index >= 15 is 0 Å². The summed E-state index contributed by atoms with van der Waals surface area (Å²) in [5.41, 5.74) is 2.72. The lowest BCUT2D eigenvalue weighted by Gasteiger charge is -2.36. The van der Waals surface area contributed by atoms with Gasteiger partial charge in [-0.2, -0.15) is 0 Å². The third kappa shape index (κ3) is 4.67. The zero-order valence-electron chi connectivity index (χ0n) is 22.5. The van der Waals surface area contributed by atoms with Crippen LogP contribution in [0.4, 0.5) is 5.69 Å². The molecule has 9 heteroatoms. The normalized spacial score (nSPS) is 15.5. The van der Waals surface area contributed by atoms with Crippen molar-refractivity contribution >= 4 is 38.5 Å². The predicted octanol–water partition coefficient (Wildman–Crippen LogP) is 5.33. The Morgan fingerprint density at radius 2 is 1.69 bits per heavy atom. The fourth-order valence-electron chi connectivity index (χ4n) is 4.70. The van der Waals surface area contributed by atoms with E-state index in [0.717, 1.165) is 11.1 Å². The van der Waals surface area contributed by atoms with Crippen LogP contribution in [0.2, 0.25) is 0 Å². The van der Waals surface area contributed by atoms with Gasteiger partial charge in [-0.05, 0) is 48.2 Å². The molecule has 2 heterocycles. The number of ether oxygens (including phenoxy) is 2. The molecule has 8 nitrogen and oxygen atoms in total. The zero-order valence-corrected chi connectivity index (χ0v) is 23.3. The van der Waals surface area contributed by atoms with Crippen molar-refractivity contribution in [3.05, 3.63) is 89.6 Å². The Morgan fingerprint density at radius 3 is 2.36 bits per heavy atom. The smallest absolute Gasteiger partial charge is 0.340 e. The second-order valence-corrected chi connectivity index (χ2v) is 12.5. The molecule has 4 aromatic rings. The fourth-order valence-corrected chi connectivity index (χ4v) is 6.17. The van der Waals surface area contributed by atoms with Crippen molar-refractivity contribution in [2.75, 3.05) is 18.0 Å². The highest BCUT2D eigenvalue weighted by Crippen LogP contribution is 2.40. The van der Waals surface area contributed by atoms with Crippen LogP contribution in [-0.2, 0) is 20.2 Å². The molecular formula is C30H30N2O6S. The van der Waals surface area contributed by atoms with Crippen molar-refractivity contribution in [1.29, 1.82) is 0 Å². The molecule has 39 heavy (non-hydrogen) atoms. The summed E-state index contributed by atoms with van der Waals surface area (Å²) in [4.78, 5) is 26.4. The van der Waals surface area contributed by atoms with Gasteiger partial charge in [-0.1, -0.05) is 62.7 Å². The van der Waals surface area contributed by atoms with E-state index in [-0.39, 0.29) is 28.2 Å². The number of rotatable bonds is 4. The SMILES string of the molecule is COC(=O)c1cn(C(=O)C2CN(S(=O)(=O)c3ccc(C)cc3)c3cc(C(C)(C)C)ccc3O2)c2ccccc12. The maximum atomic E-state index is 14.0. The Morgan fingerprint density at radius 1 is 1.00 bits per heavy atom. The second kappa shape index (κ2) is 9.57. The Bertz CT molecular complexity index is 1700. The first-order valence-corrected chi connectivity index (χ1v) is 14.0. The molecule has 0 radical (unpaired) electrons. The van der Waals surface area contributed by atoms with E-state index in [9.17, 15) is 18.0 Å². The van der Waals surface area contributed by atoms with Gasteiger partial charge >= 0.3 is 5.97 Å². The van der Waals surface area contributed by atoms with E-state index in [1.165, 1.54) is 22.2 Å². The Hall–Kier alpha value is -4.11. The van der Waals surface area contributed by atoms with Gasteiger partial charge in [0.15, 0.2) is 6.10 Å². The largest absolute Gasteiger partial charge is 0.476 e. The average molecular weight is 547 g/mol. The van der Waals surface area contributed by atoms with Gasteiger partial charge < -0.3 is 9.47 Å². The predicted molar refractivity (Wildman–Crippen MR) is 149 cm³/mol. The van der Waals surface area contributed by atoms with Gasteiger partial charge in [0.05, 0.1) is 35.3 Å². The minimum atomic E-state index is -4.04. The first-order valence-electron chi connectivity index (χ1n) is 12.5. The van der Waals surface area contributed by atoms with Crippen LogP contribution < -0.4 is 9.04 Å². The minimum absolute atomic E-state index is 0.118. The Balaban J connectivity index is 1.63. The third-order valence-corrected chi connectivity index (χ3v) is 8.73. The highest BCUT2D eigenvalue weighted by atomic mass is 32.2. The number of aryl methyl sites for hydroxylation is 1. The van der Waals surface area contributed by atoms with Crippen molar-refractivity contribution in [1.82, 2.24) is 4.57 Å². The summed E-state index contributed by atoms with van der Waals surface area (Å²) in [5, 5.41) is 0.549. The summed E-state index contributed by atoms with van der Waals surface area (Å²) in [6, 6.07) is 19.0. The summed E-state index contributed by atoms with van der Waals surface area (Å²) >= 11 is 0. The van der Waals surface area contributed by atoms with Gasteiger partial charge in [0.1, 0.15) is 5.75 Å². The van der Waals surface area contributed by atoms with Gasteiger partial charge in [0.25, 0.3) is 15.9 Å². The summed E-state index contributed by atoms with van der Waals surface area (Å²) in [5.74, 6) is -0.796. The number of carbonyl (C=O) groups excluding carboxylic acids is 2. The fraction of sp³-hybridized carbons (Fsp3) is 0.267. The maximum absolute atomic E-state index is 14.0. The summed E-state index contributed by atoms with van der Waals surface area (Å²) in [6.45, 7) is 7.77. The molecule has 0 fully saturated rings. The number of hydrogen-bond donors (Lipinski definition) is 0. The quantitative estimate of drug-likeness (QED) is 0.321. The second-order valence-electron chi connectivity index (χ2n) is 10.6. The molecule has 1 aliphatic heterocycles. The van der Waals surface area contributed by atoms with E-state index in [0.29, 0.717) is 16.6 Å². The van der Waals surface area contributed by atoms with Crippen LogP contribution >= 0.6 is 0 Å². The van der Waals surface area contributed by atoms with Crippen LogP contribution in [0, 0.1) is 6.92 Å². The third-order valence-electron chi connectivity index (χ3n) is 6.93. The van der Waals surface area contributed by atoms with Gasteiger partial charge in [0, 0.05) is 11.6 Å². The number of fused-ring (bicyclic) bond motifs is 2.